The topological polar surface area (TPSA) is 40.6 Å². The van der Waals surface area contributed by atoms with Gasteiger partial charge < -0.3 is 4.90 Å². The lowest BCUT2D eigenvalue weighted by molar-refractivity contribution is -0.134. The molecule has 0 aliphatic carbocycles. The minimum atomic E-state index is -0.104. The highest BCUT2D eigenvalue weighted by Crippen LogP contribution is 2.23. The van der Waals surface area contributed by atoms with Gasteiger partial charge in [0.1, 0.15) is 0 Å². The quantitative estimate of drug-likeness (QED) is 0.796. The van der Waals surface area contributed by atoms with Crippen LogP contribution in [0.15, 0.2) is 30.3 Å². The van der Waals surface area contributed by atoms with Crippen molar-refractivity contribution >= 4 is 11.7 Å². The zero-order valence-corrected chi connectivity index (χ0v) is 13.1. The Hall–Kier alpha value is -1.68. The van der Waals surface area contributed by atoms with Crippen LogP contribution in [-0.4, -0.2) is 54.7 Å². The van der Waals surface area contributed by atoms with Gasteiger partial charge in [0, 0.05) is 25.6 Å². The summed E-state index contributed by atoms with van der Waals surface area (Å²) in [6.45, 7) is 3.57. The van der Waals surface area contributed by atoms with E-state index in [1.165, 1.54) is 0 Å². The lowest BCUT2D eigenvalue weighted by atomic mass is 9.88. The van der Waals surface area contributed by atoms with Crippen LogP contribution in [0.1, 0.15) is 30.1 Å². The molecule has 1 unspecified atom stereocenters. The minimum absolute atomic E-state index is 0.0882. The number of piperidine rings is 1. The summed E-state index contributed by atoms with van der Waals surface area (Å²) in [7, 11) is 3.56. The lowest BCUT2D eigenvalue weighted by Gasteiger charge is -2.35. The Morgan fingerprint density at radius 3 is 2.24 bits per heavy atom. The number of likely N-dealkylation sites (N-methyl/N-ethyl adjacent to an activating group) is 1. The van der Waals surface area contributed by atoms with E-state index in [-0.39, 0.29) is 23.7 Å². The van der Waals surface area contributed by atoms with Crippen molar-refractivity contribution in [3.63, 3.8) is 0 Å². The number of nitrogens with zero attached hydrogens (tertiary/aromatic N) is 2. The molecule has 1 fully saturated rings. The second-order valence-electron chi connectivity index (χ2n) is 5.95. The van der Waals surface area contributed by atoms with Crippen molar-refractivity contribution in [2.24, 2.45) is 5.92 Å². The fraction of sp³-hybridized carbons (Fsp3) is 0.529. The second kappa shape index (κ2) is 6.85. The molecule has 0 bridgehead atoms. The SMILES string of the molecule is CC(C(=O)N(C)C)N1CCC(C(=O)c2ccccc2)CC1. The molecule has 1 amide bonds. The van der Waals surface area contributed by atoms with E-state index in [1.54, 1.807) is 19.0 Å². The first-order valence-electron chi connectivity index (χ1n) is 7.55. The summed E-state index contributed by atoms with van der Waals surface area (Å²) in [5, 5.41) is 0. The molecule has 0 spiro atoms. The third kappa shape index (κ3) is 3.70. The van der Waals surface area contributed by atoms with Crippen LogP contribution >= 0.6 is 0 Å². The first-order valence-corrected chi connectivity index (χ1v) is 7.55. The van der Waals surface area contributed by atoms with Gasteiger partial charge in [-0.3, -0.25) is 14.5 Å². The van der Waals surface area contributed by atoms with Crippen LogP contribution in [0.5, 0.6) is 0 Å². The third-order valence-corrected chi connectivity index (χ3v) is 4.30. The van der Waals surface area contributed by atoms with E-state index in [4.69, 9.17) is 0 Å². The maximum atomic E-state index is 12.4. The van der Waals surface area contributed by atoms with Crippen LogP contribution in [0.4, 0.5) is 0 Å². The highest BCUT2D eigenvalue weighted by atomic mass is 16.2. The number of benzene rings is 1. The van der Waals surface area contributed by atoms with E-state index < -0.39 is 0 Å². The van der Waals surface area contributed by atoms with Crippen molar-refractivity contribution in [2.45, 2.75) is 25.8 Å². The number of ketones is 1. The minimum Gasteiger partial charge on any atom is -0.347 e. The van der Waals surface area contributed by atoms with Crippen molar-refractivity contribution in [3.05, 3.63) is 35.9 Å². The predicted octanol–water partition coefficient (Wildman–Crippen LogP) is 2.06. The molecule has 1 heterocycles. The summed E-state index contributed by atoms with van der Waals surface area (Å²) in [5.41, 5.74) is 0.799. The Kier molecular flexibility index (Phi) is 5.12. The van der Waals surface area contributed by atoms with Gasteiger partial charge in [-0.25, -0.2) is 0 Å². The molecule has 1 aliphatic heterocycles. The summed E-state index contributed by atoms with van der Waals surface area (Å²) in [6, 6.07) is 9.39. The molecule has 1 aliphatic rings. The van der Waals surface area contributed by atoms with Gasteiger partial charge in [0.2, 0.25) is 5.91 Å². The number of likely N-dealkylation sites (tertiary alicyclic amines) is 1. The Morgan fingerprint density at radius 2 is 1.71 bits per heavy atom. The molecule has 1 aromatic carbocycles. The lowest BCUT2D eigenvalue weighted by Crippen LogP contribution is -2.48. The van der Waals surface area contributed by atoms with E-state index in [2.05, 4.69) is 4.90 Å². The number of amides is 1. The summed E-state index contributed by atoms with van der Waals surface area (Å²) in [6.07, 6.45) is 1.66. The molecule has 2 rings (SSSR count). The van der Waals surface area contributed by atoms with Gasteiger partial charge in [0.25, 0.3) is 0 Å². The number of hydrogen-bond donors (Lipinski definition) is 0. The van der Waals surface area contributed by atoms with E-state index in [9.17, 15) is 9.59 Å². The smallest absolute Gasteiger partial charge is 0.239 e. The fourth-order valence-electron chi connectivity index (χ4n) is 2.92. The zero-order valence-electron chi connectivity index (χ0n) is 13.1. The standard InChI is InChI=1S/C17H24N2O2/c1-13(17(21)18(2)3)19-11-9-15(10-12-19)16(20)14-7-5-4-6-8-14/h4-8,13,15H,9-12H2,1-3H3. The molecule has 1 atom stereocenters. The van der Waals surface area contributed by atoms with Crippen molar-refractivity contribution in [3.8, 4) is 0 Å². The monoisotopic (exact) mass is 288 g/mol. The van der Waals surface area contributed by atoms with Crippen molar-refractivity contribution in [2.75, 3.05) is 27.2 Å². The first-order chi connectivity index (χ1) is 10.0. The molecule has 1 aromatic rings. The predicted molar refractivity (Wildman–Crippen MR) is 83.2 cm³/mol. The third-order valence-electron chi connectivity index (χ3n) is 4.30. The number of carbonyl (C=O) groups is 2. The summed E-state index contributed by atoms with van der Waals surface area (Å²) < 4.78 is 0. The molecule has 4 nitrogen and oxygen atoms in total. The van der Waals surface area contributed by atoms with Crippen molar-refractivity contribution in [1.29, 1.82) is 0 Å². The van der Waals surface area contributed by atoms with Crippen molar-refractivity contribution < 1.29 is 9.59 Å². The zero-order chi connectivity index (χ0) is 15.4. The van der Waals surface area contributed by atoms with Crippen molar-refractivity contribution in [1.82, 2.24) is 9.80 Å². The Balaban J connectivity index is 1.92. The Bertz CT molecular complexity index is 491. The largest absolute Gasteiger partial charge is 0.347 e. The number of hydrogen-bond acceptors (Lipinski definition) is 3. The molecule has 114 valence electrons. The highest BCUT2D eigenvalue weighted by molar-refractivity contribution is 5.97. The molecule has 4 heteroatoms. The van der Waals surface area contributed by atoms with Crippen LogP contribution in [0.3, 0.4) is 0 Å². The summed E-state index contributed by atoms with van der Waals surface area (Å²) in [5.74, 6) is 0.454. The normalized spacial score (nSPS) is 18.2. The first kappa shape index (κ1) is 15.7. The molecule has 0 radical (unpaired) electrons. The molecule has 0 saturated carbocycles. The van der Waals surface area contributed by atoms with Crippen LogP contribution in [0, 0.1) is 5.92 Å². The van der Waals surface area contributed by atoms with E-state index >= 15 is 0 Å². The molecular weight excluding hydrogens is 264 g/mol. The molecule has 0 aromatic heterocycles. The van der Waals surface area contributed by atoms with Gasteiger partial charge >= 0.3 is 0 Å². The average molecular weight is 288 g/mol. The Labute approximate surface area is 126 Å². The molecule has 21 heavy (non-hydrogen) atoms. The van der Waals surface area contributed by atoms with E-state index in [1.807, 2.05) is 37.3 Å². The molecule has 0 N–H and O–H groups in total. The fourth-order valence-corrected chi connectivity index (χ4v) is 2.92. The maximum absolute atomic E-state index is 12.4. The maximum Gasteiger partial charge on any atom is 0.239 e. The number of carbonyl (C=O) groups excluding carboxylic acids is 2. The van der Waals surface area contributed by atoms with Crippen LogP contribution in [0.2, 0.25) is 0 Å². The molecule has 1 saturated heterocycles. The van der Waals surface area contributed by atoms with Crippen LogP contribution in [-0.2, 0) is 4.79 Å². The summed E-state index contributed by atoms with van der Waals surface area (Å²) in [4.78, 5) is 28.2. The van der Waals surface area contributed by atoms with Crippen LogP contribution < -0.4 is 0 Å². The van der Waals surface area contributed by atoms with Crippen LogP contribution in [0.25, 0.3) is 0 Å². The number of Topliss-reactive ketones (excluding diaryl/α,β-unsaturated/α-hetero) is 1. The average Bonchev–Trinajstić information content (AvgIpc) is 2.53. The van der Waals surface area contributed by atoms with Gasteiger partial charge in [-0.1, -0.05) is 30.3 Å². The Morgan fingerprint density at radius 1 is 1.14 bits per heavy atom. The summed E-state index contributed by atoms with van der Waals surface area (Å²) >= 11 is 0. The van der Waals surface area contributed by atoms with Gasteiger partial charge in [0.15, 0.2) is 5.78 Å². The highest BCUT2D eigenvalue weighted by Gasteiger charge is 2.30. The van der Waals surface area contributed by atoms with Gasteiger partial charge in [-0.05, 0) is 32.9 Å². The number of rotatable bonds is 4. The van der Waals surface area contributed by atoms with Gasteiger partial charge in [-0.15, -0.1) is 0 Å². The van der Waals surface area contributed by atoms with E-state index in [0.29, 0.717) is 0 Å². The second-order valence-corrected chi connectivity index (χ2v) is 5.95. The molecular formula is C17H24N2O2. The van der Waals surface area contributed by atoms with Gasteiger partial charge in [-0.2, -0.15) is 0 Å². The van der Waals surface area contributed by atoms with Gasteiger partial charge in [0.05, 0.1) is 6.04 Å². The van der Waals surface area contributed by atoms with E-state index in [0.717, 1.165) is 31.5 Å².